The molecule has 1 amide bonds. The van der Waals surface area contributed by atoms with E-state index in [2.05, 4.69) is 10.2 Å². The quantitative estimate of drug-likeness (QED) is 0.583. The van der Waals surface area contributed by atoms with E-state index in [9.17, 15) is 4.79 Å². The maximum absolute atomic E-state index is 13.1. The number of amides is 1. The molecule has 1 aliphatic rings. The molecule has 170 valence electrons. The normalized spacial score (nSPS) is 14.5. The zero-order chi connectivity index (χ0) is 22.5. The highest BCUT2D eigenvalue weighted by molar-refractivity contribution is 6.06. The summed E-state index contributed by atoms with van der Waals surface area (Å²) in [5.41, 5.74) is 3.43. The van der Waals surface area contributed by atoms with Crippen LogP contribution in [0.4, 0.5) is 5.69 Å². The molecule has 32 heavy (non-hydrogen) atoms. The Balaban J connectivity index is 1.52. The van der Waals surface area contributed by atoms with Crippen LogP contribution in [0.5, 0.6) is 5.75 Å². The first-order valence-corrected chi connectivity index (χ1v) is 10.9. The predicted molar refractivity (Wildman–Crippen MR) is 125 cm³/mol. The minimum Gasteiger partial charge on any atom is -0.494 e. The van der Waals surface area contributed by atoms with Crippen LogP contribution >= 0.6 is 0 Å². The Labute approximate surface area is 188 Å². The van der Waals surface area contributed by atoms with E-state index in [-0.39, 0.29) is 5.91 Å². The van der Waals surface area contributed by atoms with Gasteiger partial charge in [0.05, 0.1) is 26.9 Å². The maximum Gasteiger partial charge on any atom is 0.272 e. The number of morpholine rings is 1. The van der Waals surface area contributed by atoms with Crippen molar-refractivity contribution in [3.8, 4) is 5.75 Å². The van der Waals surface area contributed by atoms with Crippen LogP contribution < -0.4 is 15.0 Å². The second-order valence-electron chi connectivity index (χ2n) is 8.13. The Kier molecular flexibility index (Phi) is 6.92. The van der Waals surface area contributed by atoms with E-state index >= 15 is 0 Å². The van der Waals surface area contributed by atoms with Gasteiger partial charge in [0.15, 0.2) is 5.69 Å². The number of carbonyl (C=O) groups excluding carboxylic acids is 1. The van der Waals surface area contributed by atoms with Crippen molar-refractivity contribution in [3.05, 3.63) is 53.7 Å². The Morgan fingerprint density at radius 1 is 1.12 bits per heavy atom. The summed E-state index contributed by atoms with van der Waals surface area (Å²) >= 11 is 0. The fraction of sp³-hybridized carbons (Fsp3) is 0.417. The third-order valence-corrected chi connectivity index (χ3v) is 5.81. The monoisotopic (exact) mass is 437 g/mol. The number of para-hydroxylation sites is 1. The molecular weight excluding hydrogens is 406 g/mol. The number of hydrogen-bond acceptors (Lipinski definition) is 6. The van der Waals surface area contributed by atoms with Gasteiger partial charge in [0, 0.05) is 51.3 Å². The Bertz CT molecular complexity index is 1060. The first-order valence-electron chi connectivity index (χ1n) is 10.9. The molecule has 1 saturated heterocycles. The summed E-state index contributed by atoms with van der Waals surface area (Å²) < 4.78 is 12.9. The fourth-order valence-electron chi connectivity index (χ4n) is 3.94. The standard InChI is InChI=1S/C24H31N5O3/c1-27(2)19-9-7-18(8-10-19)17-25-24(30)22-20-5-4-6-21(31-3)23(20)29(26-22)12-11-28-13-15-32-16-14-28/h4-10H,11-17H2,1-3H3,(H,25,30). The van der Waals surface area contributed by atoms with Gasteiger partial charge in [-0.1, -0.05) is 24.3 Å². The molecule has 2 aromatic carbocycles. The lowest BCUT2D eigenvalue weighted by molar-refractivity contribution is 0.0361. The van der Waals surface area contributed by atoms with E-state index < -0.39 is 0 Å². The van der Waals surface area contributed by atoms with Gasteiger partial charge in [-0.2, -0.15) is 5.10 Å². The maximum atomic E-state index is 13.1. The molecule has 0 saturated carbocycles. The van der Waals surface area contributed by atoms with Crippen LogP contribution in [0.2, 0.25) is 0 Å². The Hall–Kier alpha value is -3.10. The molecule has 1 fully saturated rings. The van der Waals surface area contributed by atoms with Gasteiger partial charge in [-0.25, -0.2) is 0 Å². The average molecular weight is 438 g/mol. The number of nitrogens with zero attached hydrogens (tertiary/aromatic N) is 4. The van der Waals surface area contributed by atoms with Gasteiger partial charge >= 0.3 is 0 Å². The number of ether oxygens (including phenoxy) is 2. The first-order chi connectivity index (χ1) is 15.6. The van der Waals surface area contributed by atoms with Gasteiger partial charge in [-0.05, 0) is 23.8 Å². The van der Waals surface area contributed by atoms with Gasteiger partial charge in [-0.15, -0.1) is 0 Å². The molecule has 2 heterocycles. The van der Waals surface area contributed by atoms with Crippen molar-refractivity contribution in [2.75, 3.05) is 59.0 Å². The summed E-state index contributed by atoms with van der Waals surface area (Å²) in [6.45, 7) is 5.30. The molecule has 4 rings (SSSR count). The molecule has 0 unspecified atom stereocenters. The largest absolute Gasteiger partial charge is 0.494 e. The van der Waals surface area contributed by atoms with Crippen molar-refractivity contribution in [2.45, 2.75) is 13.1 Å². The van der Waals surface area contributed by atoms with Crippen molar-refractivity contribution >= 4 is 22.5 Å². The first kappa shape index (κ1) is 22.1. The summed E-state index contributed by atoms with van der Waals surface area (Å²) in [7, 11) is 5.66. The van der Waals surface area contributed by atoms with Crippen molar-refractivity contribution in [3.63, 3.8) is 0 Å². The highest BCUT2D eigenvalue weighted by atomic mass is 16.5. The van der Waals surface area contributed by atoms with Crippen LogP contribution in [0.1, 0.15) is 16.1 Å². The molecule has 8 nitrogen and oxygen atoms in total. The molecule has 1 aromatic heterocycles. The third kappa shape index (κ3) is 4.87. The molecule has 0 bridgehead atoms. The molecule has 0 spiro atoms. The van der Waals surface area contributed by atoms with E-state index in [1.807, 2.05) is 66.1 Å². The van der Waals surface area contributed by atoms with Gasteiger partial charge in [0.2, 0.25) is 0 Å². The van der Waals surface area contributed by atoms with Gasteiger partial charge in [-0.3, -0.25) is 14.4 Å². The van der Waals surface area contributed by atoms with Crippen LogP contribution in [0, 0.1) is 0 Å². The van der Waals surface area contributed by atoms with Gasteiger partial charge < -0.3 is 19.7 Å². The molecule has 8 heteroatoms. The van der Waals surface area contributed by atoms with Crippen LogP contribution in [0.25, 0.3) is 10.9 Å². The minimum atomic E-state index is -0.190. The van der Waals surface area contributed by atoms with Crippen molar-refractivity contribution in [1.82, 2.24) is 20.0 Å². The van der Waals surface area contributed by atoms with Crippen molar-refractivity contribution in [2.24, 2.45) is 0 Å². The number of carbonyl (C=O) groups is 1. The second-order valence-corrected chi connectivity index (χ2v) is 8.13. The number of benzene rings is 2. The zero-order valence-corrected chi connectivity index (χ0v) is 19.0. The number of methoxy groups -OCH3 is 1. The number of rotatable bonds is 8. The average Bonchev–Trinajstić information content (AvgIpc) is 3.21. The van der Waals surface area contributed by atoms with Crippen molar-refractivity contribution < 1.29 is 14.3 Å². The van der Waals surface area contributed by atoms with E-state index in [1.165, 1.54) is 0 Å². The lowest BCUT2D eigenvalue weighted by Gasteiger charge is -2.26. The molecule has 0 atom stereocenters. The van der Waals surface area contributed by atoms with E-state index in [0.29, 0.717) is 18.8 Å². The second kappa shape index (κ2) is 10.0. The smallest absolute Gasteiger partial charge is 0.272 e. The topological polar surface area (TPSA) is 71.9 Å². The number of anilines is 1. The number of fused-ring (bicyclic) bond motifs is 1. The van der Waals surface area contributed by atoms with Crippen molar-refractivity contribution in [1.29, 1.82) is 0 Å². The highest BCUT2D eigenvalue weighted by Crippen LogP contribution is 2.28. The van der Waals surface area contributed by atoms with E-state index in [4.69, 9.17) is 14.6 Å². The summed E-state index contributed by atoms with van der Waals surface area (Å²) in [4.78, 5) is 17.5. The molecule has 0 aliphatic carbocycles. The van der Waals surface area contributed by atoms with Gasteiger partial charge in [0.25, 0.3) is 5.91 Å². The van der Waals surface area contributed by atoms with E-state index in [1.54, 1.807) is 7.11 Å². The SMILES string of the molecule is COc1cccc2c(C(=O)NCc3ccc(N(C)C)cc3)nn(CCN3CCOCC3)c12. The molecule has 3 aromatic rings. The Morgan fingerprint density at radius 2 is 1.88 bits per heavy atom. The molecular formula is C24H31N5O3. The molecule has 0 radical (unpaired) electrons. The fourth-order valence-corrected chi connectivity index (χ4v) is 3.94. The minimum absolute atomic E-state index is 0.190. The third-order valence-electron chi connectivity index (χ3n) is 5.81. The summed E-state index contributed by atoms with van der Waals surface area (Å²) in [6.07, 6.45) is 0. The molecule has 1 aliphatic heterocycles. The summed E-state index contributed by atoms with van der Waals surface area (Å²) in [5, 5.41) is 8.51. The number of hydrogen-bond donors (Lipinski definition) is 1. The number of aromatic nitrogens is 2. The van der Waals surface area contributed by atoms with Crippen LogP contribution in [-0.2, 0) is 17.8 Å². The molecule has 1 N–H and O–H groups in total. The summed E-state index contributed by atoms with van der Waals surface area (Å²) in [5.74, 6) is 0.528. The predicted octanol–water partition coefficient (Wildman–Crippen LogP) is 2.37. The Morgan fingerprint density at radius 3 is 2.56 bits per heavy atom. The van der Waals surface area contributed by atoms with Crippen LogP contribution in [0.15, 0.2) is 42.5 Å². The lowest BCUT2D eigenvalue weighted by atomic mass is 10.1. The highest BCUT2D eigenvalue weighted by Gasteiger charge is 2.20. The van der Waals surface area contributed by atoms with Gasteiger partial charge in [0.1, 0.15) is 11.3 Å². The van der Waals surface area contributed by atoms with Crippen LogP contribution in [0.3, 0.4) is 0 Å². The number of nitrogens with one attached hydrogen (secondary N) is 1. The van der Waals surface area contributed by atoms with E-state index in [0.717, 1.165) is 60.8 Å². The lowest BCUT2D eigenvalue weighted by Crippen LogP contribution is -2.38. The van der Waals surface area contributed by atoms with Crippen LogP contribution in [-0.4, -0.2) is 74.6 Å². The zero-order valence-electron chi connectivity index (χ0n) is 19.0. The summed E-state index contributed by atoms with van der Waals surface area (Å²) in [6, 6.07) is 13.9.